The molecule has 124 valence electrons. The molecule has 0 fully saturated rings. The second-order valence-electron chi connectivity index (χ2n) is 4.50. The number of carboxylic acids is 1. The summed E-state index contributed by atoms with van der Waals surface area (Å²) in [6.45, 7) is 0. The Morgan fingerprint density at radius 3 is 2.43 bits per heavy atom. The Morgan fingerprint density at radius 1 is 1.22 bits per heavy atom. The molecule has 0 radical (unpaired) electrons. The summed E-state index contributed by atoms with van der Waals surface area (Å²) in [6.07, 6.45) is -0.534. The van der Waals surface area contributed by atoms with Gasteiger partial charge in [0.05, 0.1) is 12.9 Å². The first-order valence-corrected chi connectivity index (χ1v) is 7.71. The lowest BCUT2D eigenvalue weighted by Gasteiger charge is -2.16. The van der Waals surface area contributed by atoms with Gasteiger partial charge >= 0.3 is 5.97 Å². The van der Waals surface area contributed by atoms with Crippen LogP contribution < -0.4 is 10.4 Å². The van der Waals surface area contributed by atoms with Gasteiger partial charge in [-0.1, -0.05) is 42.1 Å². The van der Waals surface area contributed by atoms with Gasteiger partial charge in [0, 0.05) is 11.5 Å². The molecule has 0 bridgehead atoms. The molecule has 0 aromatic heterocycles. The minimum absolute atomic E-state index is 0.141. The zero-order chi connectivity index (χ0) is 17.2. The van der Waals surface area contributed by atoms with Crippen molar-refractivity contribution >= 4 is 34.7 Å². The van der Waals surface area contributed by atoms with E-state index in [-0.39, 0.29) is 17.3 Å². The Morgan fingerprint density at radius 2 is 1.87 bits per heavy atom. The van der Waals surface area contributed by atoms with Gasteiger partial charge in [-0.2, -0.15) is 0 Å². The molecule has 0 saturated heterocycles. The quantitative estimate of drug-likeness (QED) is 0.650. The van der Waals surface area contributed by atoms with E-state index in [0.717, 1.165) is 18.9 Å². The number of amides is 1. The third kappa shape index (κ3) is 6.96. The van der Waals surface area contributed by atoms with Gasteiger partial charge < -0.3 is 20.0 Å². The third-order valence-corrected chi connectivity index (χ3v) is 3.71. The standard InChI is InChI=1S/C15H17NO6S/c1-22-14(20)11(7-8-13(18)19)16-12(17)9-23-15(21)10-5-3-2-4-6-10/h2-6,11H,7-9H2,1H3,(H,16,17)(H,18,19)/p-1/t11-/m0/s1. The van der Waals surface area contributed by atoms with Gasteiger partial charge in [-0.25, -0.2) is 4.79 Å². The Hall–Kier alpha value is -2.35. The van der Waals surface area contributed by atoms with Crippen LogP contribution in [0.4, 0.5) is 0 Å². The Bertz CT molecular complexity index is 575. The molecule has 1 aromatic rings. The van der Waals surface area contributed by atoms with Crippen molar-refractivity contribution in [2.24, 2.45) is 0 Å². The van der Waals surface area contributed by atoms with E-state index in [2.05, 4.69) is 10.1 Å². The van der Waals surface area contributed by atoms with E-state index in [1.54, 1.807) is 30.3 Å². The average Bonchev–Trinajstić information content (AvgIpc) is 2.56. The summed E-state index contributed by atoms with van der Waals surface area (Å²) >= 11 is 0.792. The number of carboxylic acid groups (broad SMARTS) is 1. The lowest BCUT2D eigenvalue weighted by atomic mass is 10.1. The summed E-state index contributed by atoms with van der Waals surface area (Å²) in [5.41, 5.74) is 0.465. The molecule has 1 amide bonds. The van der Waals surface area contributed by atoms with Crippen molar-refractivity contribution in [3.05, 3.63) is 35.9 Å². The van der Waals surface area contributed by atoms with Gasteiger partial charge in [-0.15, -0.1) is 0 Å². The van der Waals surface area contributed by atoms with Crippen molar-refractivity contribution < 1.29 is 29.0 Å². The molecule has 1 N–H and O–H groups in total. The number of methoxy groups -OCH3 is 1. The van der Waals surface area contributed by atoms with Gasteiger partial charge in [0.2, 0.25) is 11.0 Å². The summed E-state index contributed by atoms with van der Waals surface area (Å²) in [5.74, 6) is -2.83. The van der Waals surface area contributed by atoms with Crippen LogP contribution in [0.25, 0.3) is 0 Å². The maximum Gasteiger partial charge on any atom is 0.328 e. The highest BCUT2D eigenvalue weighted by molar-refractivity contribution is 8.14. The fraction of sp³-hybridized carbons (Fsp3) is 0.333. The predicted octanol–water partition coefficient (Wildman–Crippen LogP) is -0.252. The van der Waals surface area contributed by atoms with Crippen LogP contribution in [0.15, 0.2) is 30.3 Å². The van der Waals surface area contributed by atoms with Gasteiger partial charge in [-0.3, -0.25) is 9.59 Å². The number of esters is 1. The Labute approximate surface area is 137 Å². The van der Waals surface area contributed by atoms with Crippen molar-refractivity contribution in [3.63, 3.8) is 0 Å². The molecule has 23 heavy (non-hydrogen) atoms. The molecule has 0 heterocycles. The molecular weight excluding hydrogens is 322 g/mol. The molecule has 0 aliphatic rings. The van der Waals surface area contributed by atoms with Crippen LogP contribution >= 0.6 is 11.8 Å². The van der Waals surface area contributed by atoms with Crippen LogP contribution in [-0.4, -0.2) is 41.9 Å². The third-order valence-electron chi connectivity index (χ3n) is 2.80. The number of ether oxygens (including phenoxy) is 1. The van der Waals surface area contributed by atoms with Crippen LogP contribution in [-0.2, 0) is 19.1 Å². The second-order valence-corrected chi connectivity index (χ2v) is 5.44. The molecule has 0 saturated carbocycles. The fourth-order valence-corrected chi connectivity index (χ4v) is 2.33. The number of benzene rings is 1. The normalized spacial score (nSPS) is 11.3. The SMILES string of the molecule is COC(=O)[C@H](CCC(=O)[O-])NC(=O)CSC(=O)c1ccccc1. The first-order chi connectivity index (χ1) is 10.9. The van der Waals surface area contributed by atoms with Crippen LogP contribution in [0.5, 0.6) is 0 Å². The smallest absolute Gasteiger partial charge is 0.328 e. The van der Waals surface area contributed by atoms with Crippen molar-refractivity contribution in [1.29, 1.82) is 0 Å². The maximum absolute atomic E-state index is 11.8. The van der Waals surface area contributed by atoms with Gasteiger partial charge in [-0.05, 0) is 12.8 Å². The predicted molar refractivity (Wildman–Crippen MR) is 81.4 cm³/mol. The number of hydrogen-bond donors (Lipinski definition) is 1. The minimum Gasteiger partial charge on any atom is -0.550 e. The van der Waals surface area contributed by atoms with Crippen LogP contribution in [0.2, 0.25) is 0 Å². The minimum atomic E-state index is -1.33. The first kappa shape index (κ1) is 18.7. The van der Waals surface area contributed by atoms with Gasteiger partial charge in [0.1, 0.15) is 6.04 Å². The molecule has 0 spiro atoms. The number of hydrogen-bond acceptors (Lipinski definition) is 7. The molecule has 7 nitrogen and oxygen atoms in total. The van der Waals surface area contributed by atoms with Crippen molar-refractivity contribution in [1.82, 2.24) is 5.32 Å². The summed E-state index contributed by atoms with van der Waals surface area (Å²) in [5, 5.41) is 12.5. The molecular formula is C15H16NO6S-. The van der Waals surface area contributed by atoms with Crippen molar-refractivity contribution in [2.45, 2.75) is 18.9 Å². The van der Waals surface area contributed by atoms with E-state index in [1.807, 2.05) is 0 Å². The Kier molecular flexibility index (Phi) is 7.82. The van der Waals surface area contributed by atoms with Crippen molar-refractivity contribution in [3.8, 4) is 0 Å². The van der Waals surface area contributed by atoms with E-state index < -0.39 is 30.3 Å². The zero-order valence-electron chi connectivity index (χ0n) is 12.4. The number of nitrogens with one attached hydrogen (secondary N) is 1. The van der Waals surface area contributed by atoms with E-state index >= 15 is 0 Å². The summed E-state index contributed by atoms with van der Waals surface area (Å²) in [7, 11) is 1.13. The van der Waals surface area contributed by atoms with Gasteiger partial charge in [0.25, 0.3) is 0 Å². The van der Waals surface area contributed by atoms with E-state index in [4.69, 9.17) is 0 Å². The molecule has 0 aliphatic heterocycles. The second kappa shape index (κ2) is 9.62. The molecule has 1 aromatic carbocycles. The number of rotatable bonds is 8. The highest BCUT2D eigenvalue weighted by Crippen LogP contribution is 2.12. The topological polar surface area (TPSA) is 113 Å². The Balaban J connectivity index is 2.50. The molecule has 1 atom stereocenters. The molecule has 0 unspecified atom stereocenters. The summed E-state index contributed by atoms with van der Waals surface area (Å²) < 4.78 is 4.50. The van der Waals surface area contributed by atoms with E-state index in [9.17, 15) is 24.3 Å². The monoisotopic (exact) mass is 338 g/mol. The number of thioether (sulfide) groups is 1. The zero-order valence-corrected chi connectivity index (χ0v) is 13.3. The van der Waals surface area contributed by atoms with Crippen molar-refractivity contribution in [2.75, 3.05) is 12.9 Å². The number of carbonyl (C=O) groups excluding carboxylic acids is 4. The lowest BCUT2D eigenvalue weighted by molar-refractivity contribution is -0.305. The lowest BCUT2D eigenvalue weighted by Crippen LogP contribution is -2.43. The first-order valence-electron chi connectivity index (χ1n) is 6.73. The average molecular weight is 338 g/mol. The molecule has 1 rings (SSSR count). The molecule has 0 aliphatic carbocycles. The largest absolute Gasteiger partial charge is 0.550 e. The highest BCUT2D eigenvalue weighted by atomic mass is 32.2. The van der Waals surface area contributed by atoms with Crippen LogP contribution in [0.3, 0.4) is 0 Å². The number of aliphatic carboxylic acids is 1. The fourth-order valence-electron chi connectivity index (χ4n) is 1.68. The van der Waals surface area contributed by atoms with E-state index in [1.165, 1.54) is 0 Å². The summed E-state index contributed by atoms with van der Waals surface area (Å²) in [6, 6.07) is 7.36. The van der Waals surface area contributed by atoms with Gasteiger partial charge in [0.15, 0.2) is 0 Å². The van der Waals surface area contributed by atoms with Crippen LogP contribution in [0.1, 0.15) is 23.2 Å². The molecule has 8 heteroatoms. The summed E-state index contributed by atoms with van der Waals surface area (Å²) in [4.78, 5) is 45.6. The van der Waals surface area contributed by atoms with E-state index in [0.29, 0.717) is 5.56 Å². The highest BCUT2D eigenvalue weighted by Gasteiger charge is 2.21. The number of carbonyl (C=O) groups is 4. The van der Waals surface area contributed by atoms with Crippen LogP contribution in [0, 0.1) is 0 Å². The maximum atomic E-state index is 11.8.